The topological polar surface area (TPSA) is 70.1 Å². The van der Waals surface area contributed by atoms with Crippen molar-refractivity contribution in [2.75, 3.05) is 5.73 Å². The van der Waals surface area contributed by atoms with Crippen molar-refractivity contribution < 1.29 is 4.74 Å². The maximum Gasteiger partial charge on any atom is 0.351 e. The molecule has 1 saturated heterocycles. The summed E-state index contributed by atoms with van der Waals surface area (Å²) in [7, 11) is 0. The third-order valence-electron chi connectivity index (χ3n) is 3.97. The van der Waals surface area contributed by atoms with Crippen LogP contribution in [-0.4, -0.2) is 15.2 Å². The highest BCUT2D eigenvalue weighted by Crippen LogP contribution is 2.43. The van der Waals surface area contributed by atoms with Crippen LogP contribution in [0.4, 0.5) is 5.82 Å². The quantitative estimate of drug-likeness (QED) is 0.891. The fourth-order valence-corrected chi connectivity index (χ4v) is 2.76. The Balaban J connectivity index is 2.32. The Hall–Kier alpha value is -1.36. The van der Waals surface area contributed by atoms with Crippen molar-refractivity contribution in [3.05, 3.63) is 22.7 Å². The van der Waals surface area contributed by atoms with E-state index in [0.717, 1.165) is 19.3 Å². The Bertz CT molecular complexity index is 479. The molecule has 1 aromatic heterocycles. The maximum absolute atomic E-state index is 11.9. The van der Waals surface area contributed by atoms with E-state index in [4.69, 9.17) is 10.5 Å². The van der Waals surface area contributed by atoms with Gasteiger partial charge in [-0.15, -0.1) is 0 Å². The first kappa shape index (κ1) is 13.1. The third kappa shape index (κ3) is 2.14. The lowest BCUT2D eigenvalue weighted by molar-refractivity contribution is -0.0832. The van der Waals surface area contributed by atoms with Crippen LogP contribution in [0.15, 0.2) is 17.1 Å². The zero-order valence-corrected chi connectivity index (χ0v) is 11.2. The van der Waals surface area contributed by atoms with Gasteiger partial charge < -0.3 is 10.5 Å². The number of rotatable bonds is 3. The summed E-state index contributed by atoms with van der Waals surface area (Å²) >= 11 is 0. The van der Waals surface area contributed by atoms with Crippen LogP contribution in [0.2, 0.25) is 0 Å². The molecule has 5 nitrogen and oxygen atoms in total. The molecule has 1 aliphatic rings. The average Bonchev–Trinajstić information content (AvgIpc) is 2.67. The number of nitrogens with two attached hydrogens (primary N) is 1. The van der Waals surface area contributed by atoms with Crippen molar-refractivity contribution >= 4 is 5.82 Å². The molecule has 1 aliphatic heterocycles. The van der Waals surface area contributed by atoms with Crippen molar-refractivity contribution in [3.63, 3.8) is 0 Å². The highest BCUT2D eigenvalue weighted by Gasteiger charge is 2.43. The second-order valence-corrected chi connectivity index (χ2v) is 5.12. The summed E-state index contributed by atoms with van der Waals surface area (Å²) in [5.74, 6) is 0.548. The molecule has 0 bridgehead atoms. The van der Waals surface area contributed by atoms with Crippen LogP contribution >= 0.6 is 0 Å². The molecule has 5 heteroatoms. The summed E-state index contributed by atoms with van der Waals surface area (Å²) in [6.07, 6.45) is 4.34. The smallest absolute Gasteiger partial charge is 0.351 e. The Morgan fingerprint density at radius 3 is 2.72 bits per heavy atom. The Kier molecular flexibility index (Phi) is 3.43. The van der Waals surface area contributed by atoms with Gasteiger partial charge in [-0.3, -0.25) is 4.57 Å². The van der Waals surface area contributed by atoms with Crippen LogP contribution in [0.25, 0.3) is 0 Å². The normalized spacial score (nSPS) is 26.4. The van der Waals surface area contributed by atoms with Crippen molar-refractivity contribution in [2.45, 2.75) is 51.9 Å². The minimum absolute atomic E-state index is 0.106. The molecular weight excluding hydrogens is 230 g/mol. The molecule has 2 N–H and O–H groups in total. The molecule has 0 saturated carbocycles. The Morgan fingerprint density at radius 1 is 1.56 bits per heavy atom. The lowest BCUT2D eigenvalue weighted by Gasteiger charge is -2.26. The van der Waals surface area contributed by atoms with E-state index in [1.807, 2.05) is 0 Å². The molecule has 2 rings (SSSR count). The molecule has 0 aromatic carbocycles. The molecular formula is C13H21N3O2. The molecule has 0 radical (unpaired) electrons. The SMILES string of the molecule is CCC1(CC)CC(C)C(n2ccc(N)nc2=O)O1. The van der Waals surface area contributed by atoms with E-state index >= 15 is 0 Å². The van der Waals surface area contributed by atoms with Gasteiger partial charge >= 0.3 is 5.69 Å². The van der Waals surface area contributed by atoms with Gasteiger partial charge in [0, 0.05) is 12.1 Å². The first-order valence-corrected chi connectivity index (χ1v) is 6.54. The lowest BCUT2D eigenvalue weighted by atomic mass is 9.90. The highest BCUT2D eigenvalue weighted by molar-refractivity contribution is 5.23. The molecule has 2 unspecified atom stereocenters. The number of hydrogen-bond acceptors (Lipinski definition) is 4. The molecule has 2 heterocycles. The summed E-state index contributed by atoms with van der Waals surface area (Å²) in [5, 5.41) is 0. The number of aromatic nitrogens is 2. The van der Waals surface area contributed by atoms with Gasteiger partial charge in [0.2, 0.25) is 0 Å². The van der Waals surface area contributed by atoms with Crippen LogP contribution in [-0.2, 0) is 4.74 Å². The monoisotopic (exact) mass is 251 g/mol. The molecule has 18 heavy (non-hydrogen) atoms. The van der Waals surface area contributed by atoms with E-state index in [-0.39, 0.29) is 23.3 Å². The number of ether oxygens (including phenoxy) is 1. The lowest BCUT2D eigenvalue weighted by Crippen LogP contribution is -2.31. The molecule has 0 spiro atoms. The minimum atomic E-state index is -0.338. The van der Waals surface area contributed by atoms with Crippen molar-refractivity contribution in [1.29, 1.82) is 0 Å². The largest absolute Gasteiger partial charge is 0.383 e. The highest BCUT2D eigenvalue weighted by atomic mass is 16.5. The average molecular weight is 251 g/mol. The first-order chi connectivity index (χ1) is 8.51. The first-order valence-electron chi connectivity index (χ1n) is 6.54. The van der Waals surface area contributed by atoms with Gasteiger partial charge in [0.15, 0.2) is 0 Å². The van der Waals surface area contributed by atoms with Crippen molar-refractivity contribution in [3.8, 4) is 0 Å². The zero-order valence-electron chi connectivity index (χ0n) is 11.2. The summed E-state index contributed by atoms with van der Waals surface area (Å²) in [6.45, 7) is 6.37. The Labute approximate surface area is 107 Å². The standard InChI is InChI=1S/C13H21N3O2/c1-4-13(5-2)8-9(3)11(18-13)16-7-6-10(14)15-12(16)17/h6-7,9,11H,4-5,8H2,1-3H3,(H2,14,15,17). The third-order valence-corrected chi connectivity index (χ3v) is 3.97. The number of nitrogens with zero attached hydrogens (tertiary/aromatic N) is 2. The fourth-order valence-electron chi connectivity index (χ4n) is 2.76. The predicted octanol–water partition coefficient (Wildman–Crippen LogP) is 1.94. The number of anilines is 1. The molecule has 2 atom stereocenters. The molecule has 1 fully saturated rings. The van der Waals surface area contributed by atoms with Crippen LogP contribution < -0.4 is 11.4 Å². The van der Waals surface area contributed by atoms with Gasteiger partial charge in [-0.05, 0) is 25.3 Å². The van der Waals surface area contributed by atoms with Gasteiger partial charge in [0.05, 0.1) is 5.60 Å². The van der Waals surface area contributed by atoms with E-state index < -0.39 is 0 Å². The summed E-state index contributed by atoms with van der Waals surface area (Å²) in [5.41, 5.74) is 5.06. The van der Waals surface area contributed by atoms with E-state index in [0.29, 0.717) is 5.92 Å². The van der Waals surface area contributed by atoms with Crippen LogP contribution in [0, 0.1) is 5.92 Å². The van der Waals surface area contributed by atoms with Crippen molar-refractivity contribution in [2.24, 2.45) is 5.92 Å². The van der Waals surface area contributed by atoms with E-state index in [9.17, 15) is 4.79 Å². The fraction of sp³-hybridized carbons (Fsp3) is 0.692. The van der Waals surface area contributed by atoms with Gasteiger partial charge in [-0.2, -0.15) is 4.98 Å². The number of nitrogen functional groups attached to an aromatic ring is 1. The van der Waals surface area contributed by atoms with E-state index in [1.165, 1.54) is 0 Å². The Morgan fingerprint density at radius 2 is 2.22 bits per heavy atom. The predicted molar refractivity (Wildman–Crippen MR) is 70.1 cm³/mol. The van der Waals surface area contributed by atoms with Crippen molar-refractivity contribution in [1.82, 2.24) is 9.55 Å². The van der Waals surface area contributed by atoms with Gasteiger partial charge in [-0.25, -0.2) is 4.79 Å². The van der Waals surface area contributed by atoms with Crippen LogP contribution in [0.5, 0.6) is 0 Å². The molecule has 100 valence electrons. The van der Waals surface area contributed by atoms with Gasteiger partial charge in [-0.1, -0.05) is 20.8 Å². The van der Waals surface area contributed by atoms with Gasteiger partial charge in [0.25, 0.3) is 0 Å². The van der Waals surface area contributed by atoms with E-state index in [1.54, 1.807) is 16.8 Å². The number of hydrogen-bond donors (Lipinski definition) is 1. The summed E-state index contributed by atoms with van der Waals surface area (Å²) < 4.78 is 7.70. The summed E-state index contributed by atoms with van der Waals surface area (Å²) in [4.78, 5) is 15.6. The molecule has 0 aliphatic carbocycles. The second kappa shape index (κ2) is 4.72. The molecule has 0 amide bonds. The van der Waals surface area contributed by atoms with Gasteiger partial charge in [0.1, 0.15) is 12.0 Å². The van der Waals surface area contributed by atoms with Crippen LogP contribution in [0.3, 0.4) is 0 Å². The van der Waals surface area contributed by atoms with E-state index in [2.05, 4.69) is 25.8 Å². The zero-order chi connectivity index (χ0) is 13.3. The maximum atomic E-state index is 11.9. The minimum Gasteiger partial charge on any atom is -0.383 e. The summed E-state index contributed by atoms with van der Waals surface area (Å²) in [6, 6.07) is 1.63. The van der Waals surface area contributed by atoms with Crippen LogP contribution in [0.1, 0.15) is 46.3 Å². The second-order valence-electron chi connectivity index (χ2n) is 5.12. The molecule has 1 aromatic rings.